The van der Waals surface area contributed by atoms with Crippen molar-refractivity contribution in [3.05, 3.63) is 11.8 Å². The first-order chi connectivity index (χ1) is 8.69. The molecule has 98 valence electrons. The number of nitrogens with zero attached hydrogens (tertiary/aromatic N) is 3. The summed E-state index contributed by atoms with van der Waals surface area (Å²) in [6.45, 7) is 2.05. The molecule has 3 rings (SSSR count). The molecule has 5 nitrogen and oxygen atoms in total. The van der Waals surface area contributed by atoms with Gasteiger partial charge in [0.25, 0.3) is 0 Å². The third-order valence-corrected chi connectivity index (χ3v) is 4.12. The molecular weight excluding hydrogens is 228 g/mol. The average Bonchev–Trinajstić information content (AvgIpc) is 2.63. The van der Waals surface area contributed by atoms with Gasteiger partial charge in [0.2, 0.25) is 5.95 Å². The molecule has 0 aliphatic carbocycles. The number of aliphatic hydroxyl groups is 1. The van der Waals surface area contributed by atoms with Gasteiger partial charge in [0.15, 0.2) is 0 Å². The Morgan fingerprint density at radius 2 is 2.00 bits per heavy atom. The Hall–Kier alpha value is -1.36. The van der Waals surface area contributed by atoms with Gasteiger partial charge in [0.05, 0.1) is 6.10 Å². The van der Waals surface area contributed by atoms with Crippen molar-refractivity contribution in [2.24, 2.45) is 0 Å². The summed E-state index contributed by atoms with van der Waals surface area (Å²) >= 11 is 0. The second-order valence-corrected chi connectivity index (χ2v) is 5.37. The molecule has 0 radical (unpaired) electrons. The van der Waals surface area contributed by atoms with Gasteiger partial charge in [-0.3, -0.25) is 0 Å². The predicted molar refractivity (Wildman–Crippen MR) is 70.8 cm³/mol. The molecule has 0 aromatic carbocycles. The number of aromatic nitrogens is 2. The second-order valence-electron chi connectivity index (χ2n) is 5.37. The zero-order chi connectivity index (χ0) is 12.7. The van der Waals surface area contributed by atoms with E-state index in [1.807, 2.05) is 13.2 Å². The first kappa shape index (κ1) is 11.7. The van der Waals surface area contributed by atoms with Crippen molar-refractivity contribution >= 4 is 11.8 Å². The summed E-state index contributed by atoms with van der Waals surface area (Å²) in [4.78, 5) is 11.2. The molecule has 2 unspecified atom stereocenters. The zero-order valence-electron chi connectivity index (χ0n) is 10.9. The van der Waals surface area contributed by atoms with Crippen molar-refractivity contribution in [3.8, 4) is 0 Å². The van der Waals surface area contributed by atoms with E-state index in [4.69, 9.17) is 0 Å². The molecule has 0 spiro atoms. The first-order valence-electron chi connectivity index (χ1n) is 6.67. The number of piperidine rings is 1. The van der Waals surface area contributed by atoms with Crippen LogP contribution in [0.5, 0.6) is 0 Å². The van der Waals surface area contributed by atoms with Crippen LogP contribution in [-0.4, -0.2) is 40.3 Å². The van der Waals surface area contributed by atoms with Gasteiger partial charge in [0.1, 0.15) is 5.82 Å². The molecule has 2 bridgehead atoms. The topological polar surface area (TPSA) is 61.3 Å². The Labute approximate surface area is 107 Å². The van der Waals surface area contributed by atoms with Crippen LogP contribution in [0.2, 0.25) is 0 Å². The van der Waals surface area contributed by atoms with E-state index in [0.717, 1.165) is 24.2 Å². The van der Waals surface area contributed by atoms with E-state index in [1.165, 1.54) is 12.8 Å². The fraction of sp³-hybridized carbons (Fsp3) is 0.692. The molecule has 5 heteroatoms. The van der Waals surface area contributed by atoms with E-state index in [9.17, 15) is 5.11 Å². The fourth-order valence-corrected chi connectivity index (χ4v) is 3.31. The fourth-order valence-electron chi connectivity index (χ4n) is 3.31. The number of aliphatic hydroxyl groups excluding tert-OH is 1. The minimum absolute atomic E-state index is 0.135. The molecule has 0 saturated carbocycles. The van der Waals surface area contributed by atoms with Gasteiger partial charge < -0.3 is 15.3 Å². The van der Waals surface area contributed by atoms with Gasteiger partial charge in [-0.15, -0.1) is 0 Å². The number of rotatable bonds is 2. The van der Waals surface area contributed by atoms with Crippen LogP contribution < -0.4 is 10.2 Å². The maximum atomic E-state index is 9.85. The average molecular weight is 248 g/mol. The van der Waals surface area contributed by atoms with Crippen LogP contribution in [0.4, 0.5) is 11.8 Å². The summed E-state index contributed by atoms with van der Waals surface area (Å²) in [5.74, 6) is 1.70. The van der Waals surface area contributed by atoms with Crippen molar-refractivity contribution < 1.29 is 5.11 Å². The van der Waals surface area contributed by atoms with Gasteiger partial charge in [0, 0.05) is 30.9 Å². The van der Waals surface area contributed by atoms with Gasteiger partial charge in [-0.1, -0.05) is 0 Å². The van der Waals surface area contributed by atoms with E-state index in [-0.39, 0.29) is 6.10 Å². The highest BCUT2D eigenvalue weighted by molar-refractivity contribution is 5.52. The van der Waals surface area contributed by atoms with Crippen LogP contribution in [0.3, 0.4) is 0 Å². The molecule has 2 saturated heterocycles. The normalized spacial score (nSPS) is 30.6. The van der Waals surface area contributed by atoms with E-state index >= 15 is 0 Å². The Kier molecular flexibility index (Phi) is 2.86. The lowest BCUT2D eigenvalue weighted by Crippen LogP contribution is -2.45. The van der Waals surface area contributed by atoms with Crippen LogP contribution >= 0.6 is 0 Å². The van der Waals surface area contributed by atoms with Crippen LogP contribution in [0.15, 0.2) is 6.20 Å². The maximum absolute atomic E-state index is 9.85. The highest BCUT2D eigenvalue weighted by atomic mass is 16.3. The quantitative estimate of drug-likeness (QED) is 0.826. The van der Waals surface area contributed by atoms with E-state index in [1.54, 1.807) is 0 Å². The van der Waals surface area contributed by atoms with Crippen molar-refractivity contribution in [1.82, 2.24) is 9.97 Å². The lowest BCUT2D eigenvalue weighted by atomic mass is 9.99. The number of nitrogens with one attached hydrogen (secondary N) is 1. The Bertz CT molecular complexity index is 437. The maximum Gasteiger partial charge on any atom is 0.224 e. The van der Waals surface area contributed by atoms with E-state index in [0.29, 0.717) is 18.0 Å². The number of aryl methyl sites for hydroxylation is 1. The molecule has 18 heavy (non-hydrogen) atoms. The van der Waals surface area contributed by atoms with Crippen LogP contribution in [0.1, 0.15) is 31.2 Å². The molecule has 2 aliphatic heterocycles. The molecule has 2 aliphatic rings. The molecule has 1 aromatic rings. The van der Waals surface area contributed by atoms with Crippen LogP contribution in [0, 0.1) is 6.92 Å². The van der Waals surface area contributed by atoms with Crippen molar-refractivity contribution in [1.29, 1.82) is 0 Å². The number of anilines is 2. The van der Waals surface area contributed by atoms with E-state index in [2.05, 4.69) is 27.1 Å². The van der Waals surface area contributed by atoms with Gasteiger partial charge in [-0.05, 0) is 32.6 Å². The number of hydrogen-bond acceptors (Lipinski definition) is 5. The molecular formula is C13H20N4O. The number of hydrogen-bond donors (Lipinski definition) is 2. The summed E-state index contributed by atoms with van der Waals surface area (Å²) in [5.41, 5.74) is 1.11. The van der Waals surface area contributed by atoms with Crippen molar-refractivity contribution in [2.75, 3.05) is 17.3 Å². The minimum Gasteiger partial charge on any atom is -0.393 e. The summed E-state index contributed by atoms with van der Waals surface area (Å²) in [6, 6.07) is 0.883. The molecule has 1 aromatic heterocycles. The highest BCUT2D eigenvalue weighted by Crippen LogP contribution is 2.39. The summed E-state index contributed by atoms with van der Waals surface area (Å²) in [7, 11) is 1.84. The summed E-state index contributed by atoms with van der Waals surface area (Å²) in [5, 5.41) is 12.8. The SMILES string of the molecule is CNc1ncc(C)c(N2C3CCC2CC(O)C3)n1. The molecule has 0 amide bonds. The third-order valence-electron chi connectivity index (χ3n) is 4.12. The smallest absolute Gasteiger partial charge is 0.224 e. The molecule has 2 fully saturated rings. The monoisotopic (exact) mass is 248 g/mol. The number of fused-ring (bicyclic) bond motifs is 2. The van der Waals surface area contributed by atoms with Crippen molar-refractivity contribution in [3.63, 3.8) is 0 Å². The Balaban J connectivity index is 1.95. The molecule has 2 N–H and O–H groups in total. The van der Waals surface area contributed by atoms with E-state index < -0.39 is 0 Å². The first-order valence-corrected chi connectivity index (χ1v) is 6.67. The molecule has 3 heterocycles. The second kappa shape index (κ2) is 4.39. The highest BCUT2D eigenvalue weighted by Gasteiger charge is 2.41. The van der Waals surface area contributed by atoms with Gasteiger partial charge in [-0.2, -0.15) is 4.98 Å². The predicted octanol–water partition coefficient (Wildman–Crippen LogP) is 1.32. The van der Waals surface area contributed by atoms with Crippen LogP contribution in [0.25, 0.3) is 0 Å². The largest absolute Gasteiger partial charge is 0.393 e. The molecule has 2 atom stereocenters. The van der Waals surface area contributed by atoms with Crippen molar-refractivity contribution in [2.45, 2.75) is 50.8 Å². The van der Waals surface area contributed by atoms with Crippen LogP contribution in [-0.2, 0) is 0 Å². The Morgan fingerprint density at radius 1 is 1.33 bits per heavy atom. The Morgan fingerprint density at radius 3 is 2.61 bits per heavy atom. The minimum atomic E-state index is -0.135. The summed E-state index contributed by atoms with van der Waals surface area (Å²) in [6.07, 6.45) is 5.81. The summed E-state index contributed by atoms with van der Waals surface area (Å²) < 4.78 is 0. The standard InChI is InChI=1S/C13H20N4O/c1-8-7-15-13(14-2)16-12(8)17-9-3-4-10(17)6-11(18)5-9/h7,9-11,18H,3-6H2,1-2H3,(H,14,15,16). The van der Waals surface area contributed by atoms with Gasteiger partial charge >= 0.3 is 0 Å². The third kappa shape index (κ3) is 1.82. The van der Waals surface area contributed by atoms with Gasteiger partial charge in [-0.25, -0.2) is 4.98 Å². The lowest BCUT2D eigenvalue weighted by molar-refractivity contribution is 0.126. The lowest BCUT2D eigenvalue weighted by Gasteiger charge is -2.38. The zero-order valence-corrected chi connectivity index (χ0v) is 10.9.